The Hall–Kier alpha value is -3.38. The van der Waals surface area contributed by atoms with E-state index >= 15 is 0 Å². The maximum atomic E-state index is 14.0. The lowest BCUT2D eigenvalue weighted by Gasteiger charge is -2.41. The molecule has 3 saturated heterocycles. The SMILES string of the molecule is O=C(C1CCCOC1)N1CC(Oc2cc(-n3c(C(F)F)nc4ccccc43)nc(N3CCOCC3)n2)C1. The van der Waals surface area contributed by atoms with Crippen LogP contribution in [0.3, 0.4) is 0 Å². The van der Waals surface area contributed by atoms with Crippen molar-refractivity contribution in [3.63, 3.8) is 0 Å². The maximum absolute atomic E-state index is 14.0. The zero-order valence-corrected chi connectivity index (χ0v) is 20.3. The molecule has 0 radical (unpaired) electrons. The van der Waals surface area contributed by atoms with E-state index in [0.29, 0.717) is 69.6 Å². The van der Waals surface area contributed by atoms with Crippen LogP contribution in [0.15, 0.2) is 30.3 Å². The molecule has 1 aromatic carbocycles. The minimum atomic E-state index is -2.80. The summed E-state index contributed by atoms with van der Waals surface area (Å²) in [5.41, 5.74) is 0.970. The van der Waals surface area contributed by atoms with Crippen LogP contribution < -0.4 is 9.64 Å². The topological polar surface area (TPSA) is 94.8 Å². The normalized spacial score (nSPS) is 20.9. The van der Waals surface area contributed by atoms with Crippen molar-refractivity contribution < 1.29 is 27.8 Å². The Kier molecular flexibility index (Phi) is 6.59. The fourth-order valence-corrected chi connectivity index (χ4v) is 4.97. The Balaban J connectivity index is 1.28. The zero-order valence-electron chi connectivity index (χ0n) is 20.3. The van der Waals surface area contributed by atoms with Gasteiger partial charge in [0.2, 0.25) is 17.7 Å². The predicted molar refractivity (Wildman–Crippen MR) is 129 cm³/mol. The molecule has 0 bridgehead atoms. The molecule has 1 amide bonds. The molecule has 0 aliphatic carbocycles. The molecular formula is C25H28F2N6O4. The van der Waals surface area contributed by atoms with Crippen molar-refractivity contribution in [2.75, 3.05) is 57.5 Å². The van der Waals surface area contributed by atoms with Crippen molar-refractivity contribution in [3.8, 4) is 11.7 Å². The highest BCUT2D eigenvalue weighted by Gasteiger charge is 2.37. The maximum Gasteiger partial charge on any atom is 0.296 e. The molecule has 10 nitrogen and oxygen atoms in total. The van der Waals surface area contributed by atoms with Crippen LogP contribution in [-0.4, -0.2) is 89.0 Å². The summed E-state index contributed by atoms with van der Waals surface area (Å²) >= 11 is 0. The minimum absolute atomic E-state index is 0.0865. The van der Waals surface area contributed by atoms with Crippen molar-refractivity contribution in [1.82, 2.24) is 24.4 Å². The van der Waals surface area contributed by atoms with E-state index in [1.54, 1.807) is 35.2 Å². The molecule has 3 fully saturated rings. The van der Waals surface area contributed by atoms with Gasteiger partial charge in [0.05, 0.1) is 49.9 Å². The second-order valence-electron chi connectivity index (χ2n) is 9.46. The number of hydrogen-bond acceptors (Lipinski definition) is 8. The van der Waals surface area contributed by atoms with Crippen molar-refractivity contribution in [1.29, 1.82) is 0 Å². The zero-order chi connectivity index (χ0) is 25.4. The smallest absolute Gasteiger partial charge is 0.296 e. The molecule has 1 atom stereocenters. The number of para-hydroxylation sites is 2. The standard InChI is InChI=1S/C25H28F2N6O4/c26-22(27)23-28-18-5-1-2-6-19(18)33(23)20-12-21(30-25(29-20)31-7-10-35-11-8-31)37-17-13-32(14-17)24(34)16-4-3-9-36-15-16/h1-2,5-6,12,16-17,22H,3-4,7-11,13-15H2. The third kappa shape index (κ3) is 4.82. The van der Waals surface area contributed by atoms with Crippen LogP contribution in [0.5, 0.6) is 5.88 Å². The molecule has 3 aliphatic rings. The van der Waals surface area contributed by atoms with E-state index in [1.807, 2.05) is 4.90 Å². The van der Waals surface area contributed by atoms with Gasteiger partial charge in [-0.2, -0.15) is 9.97 Å². The number of carbonyl (C=O) groups excluding carboxylic acids is 1. The minimum Gasteiger partial charge on any atom is -0.470 e. The van der Waals surface area contributed by atoms with E-state index in [4.69, 9.17) is 14.2 Å². The van der Waals surface area contributed by atoms with Gasteiger partial charge in [0, 0.05) is 25.8 Å². The number of morpholine rings is 1. The van der Waals surface area contributed by atoms with E-state index in [-0.39, 0.29) is 29.6 Å². The molecule has 0 spiro atoms. The highest BCUT2D eigenvalue weighted by molar-refractivity contribution is 5.80. The second-order valence-corrected chi connectivity index (χ2v) is 9.46. The summed E-state index contributed by atoms with van der Waals surface area (Å²) in [6.45, 7) is 4.24. The van der Waals surface area contributed by atoms with Crippen molar-refractivity contribution in [2.24, 2.45) is 5.92 Å². The molecule has 196 valence electrons. The Labute approximate surface area is 212 Å². The number of aromatic nitrogens is 4. The molecule has 6 rings (SSSR count). The number of likely N-dealkylation sites (tertiary alicyclic amines) is 1. The van der Waals surface area contributed by atoms with Gasteiger partial charge in [-0.05, 0) is 25.0 Å². The number of benzene rings is 1. The van der Waals surface area contributed by atoms with Crippen LogP contribution in [-0.2, 0) is 14.3 Å². The number of carbonyl (C=O) groups is 1. The summed E-state index contributed by atoms with van der Waals surface area (Å²) in [5, 5.41) is 0. The third-order valence-electron chi connectivity index (χ3n) is 6.94. The monoisotopic (exact) mass is 514 g/mol. The average Bonchev–Trinajstić information content (AvgIpc) is 3.31. The molecular weight excluding hydrogens is 486 g/mol. The van der Waals surface area contributed by atoms with Gasteiger partial charge in [-0.15, -0.1) is 0 Å². The van der Waals surface area contributed by atoms with Crippen molar-refractivity contribution >= 4 is 22.9 Å². The number of ether oxygens (including phenoxy) is 3. The number of rotatable bonds is 6. The lowest BCUT2D eigenvalue weighted by Crippen LogP contribution is -2.58. The number of hydrogen-bond donors (Lipinski definition) is 0. The first-order valence-electron chi connectivity index (χ1n) is 12.6. The van der Waals surface area contributed by atoms with Crippen molar-refractivity contribution in [3.05, 3.63) is 36.2 Å². The highest BCUT2D eigenvalue weighted by Crippen LogP contribution is 2.30. The van der Waals surface area contributed by atoms with Crippen LogP contribution >= 0.6 is 0 Å². The fourth-order valence-electron chi connectivity index (χ4n) is 4.97. The summed E-state index contributed by atoms with van der Waals surface area (Å²) in [6, 6.07) is 8.51. The van der Waals surface area contributed by atoms with E-state index < -0.39 is 12.2 Å². The number of halogens is 2. The summed E-state index contributed by atoms with van der Waals surface area (Å²) in [5.74, 6) is 0.484. The highest BCUT2D eigenvalue weighted by atomic mass is 19.3. The van der Waals surface area contributed by atoms with Crippen molar-refractivity contribution in [2.45, 2.75) is 25.4 Å². The quantitative estimate of drug-likeness (QED) is 0.496. The molecule has 5 heterocycles. The first-order valence-corrected chi connectivity index (χ1v) is 12.6. The Bertz CT molecular complexity index is 1270. The number of fused-ring (bicyclic) bond motifs is 1. The molecule has 12 heteroatoms. The first kappa shape index (κ1) is 24.0. The second kappa shape index (κ2) is 10.2. The van der Waals surface area contributed by atoms with E-state index in [0.717, 1.165) is 12.8 Å². The Morgan fingerprint density at radius 3 is 2.62 bits per heavy atom. The van der Waals surface area contributed by atoms with Crippen LogP contribution in [0.1, 0.15) is 25.1 Å². The van der Waals surface area contributed by atoms with Crippen LogP contribution in [0.4, 0.5) is 14.7 Å². The Morgan fingerprint density at radius 1 is 1.05 bits per heavy atom. The number of nitrogens with zero attached hydrogens (tertiary/aromatic N) is 6. The van der Waals surface area contributed by atoms with Gasteiger partial charge in [-0.3, -0.25) is 9.36 Å². The largest absolute Gasteiger partial charge is 0.470 e. The van der Waals surface area contributed by atoms with Gasteiger partial charge in [0.1, 0.15) is 11.9 Å². The molecule has 3 aromatic rings. The summed E-state index contributed by atoms with van der Waals surface area (Å²) in [4.78, 5) is 29.8. The first-order chi connectivity index (χ1) is 18.1. The molecule has 0 saturated carbocycles. The molecule has 2 aromatic heterocycles. The fraction of sp³-hybridized carbons (Fsp3) is 0.520. The average molecular weight is 515 g/mol. The lowest BCUT2D eigenvalue weighted by atomic mass is 9.98. The number of anilines is 1. The van der Waals surface area contributed by atoms with Gasteiger partial charge < -0.3 is 24.0 Å². The number of imidazole rings is 1. The summed E-state index contributed by atoms with van der Waals surface area (Å²) in [6.07, 6.45) is -1.32. The van der Waals surface area contributed by atoms with Gasteiger partial charge in [0.15, 0.2) is 5.82 Å². The van der Waals surface area contributed by atoms with Gasteiger partial charge >= 0.3 is 0 Å². The van der Waals surface area contributed by atoms with Crippen LogP contribution in [0, 0.1) is 5.92 Å². The van der Waals surface area contributed by atoms with Gasteiger partial charge in [-0.1, -0.05) is 12.1 Å². The number of amides is 1. The molecule has 3 aliphatic heterocycles. The van der Waals surface area contributed by atoms with Gasteiger partial charge in [0.25, 0.3) is 6.43 Å². The lowest BCUT2D eigenvalue weighted by molar-refractivity contribution is -0.148. The van der Waals surface area contributed by atoms with Crippen LogP contribution in [0.2, 0.25) is 0 Å². The van der Waals surface area contributed by atoms with E-state index in [2.05, 4.69) is 15.0 Å². The Morgan fingerprint density at radius 2 is 1.86 bits per heavy atom. The van der Waals surface area contributed by atoms with Gasteiger partial charge in [-0.25, -0.2) is 13.8 Å². The molecule has 1 unspecified atom stereocenters. The molecule has 37 heavy (non-hydrogen) atoms. The number of alkyl halides is 2. The summed E-state index contributed by atoms with van der Waals surface area (Å²) in [7, 11) is 0. The predicted octanol–water partition coefficient (Wildman–Crippen LogP) is 2.61. The summed E-state index contributed by atoms with van der Waals surface area (Å²) < 4.78 is 46.4. The molecule has 0 N–H and O–H groups in total. The van der Waals surface area contributed by atoms with E-state index in [1.165, 1.54) is 4.57 Å². The van der Waals surface area contributed by atoms with Crippen LogP contribution in [0.25, 0.3) is 16.9 Å². The third-order valence-corrected chi connectivity index (χ3v) is 6.94. The van der Waals surface area contributed by atoms with E-state index in [9.17, 15) is 13.6 Å².